The van der Waals surface area contributed by atoms with Gasteiger partial charge in [-0.3, -0.25) is 10.1 Å². The predicted octanol–water partition coefficient (Wildman–Crippen LogP) is 3.04. The number of anilines is 2. The lowest BCUT2D eigenvalue weighted by Gasteiger charge is -2.10. The van der Waals surface area contributed by atoms with Gasteiger partial charge in [-0.15, -0.1) is 0 Å². The van der Waals surface area contributed by atoms with Crippen molar-refractivity contribution < 1.29 is 9.66 Å². The third-order valence-corrected chi connectivity index (χ3v) is 2.48. The molecule has 98 valence electrons. The van der Waals surface area contributed by atoms with Crippen molar-refractivity contribution in [2.24, 2.45) is 0 Å². The first-order valence-corrected chi connectivity index (χ1v) is 5.59. The van der Waals surface area contributed by atoms with Gasteiger partial charge in [0.15, 0.2) is 0 Å². The molecule has 2 aromatic carbocycles. The summed E-state index contributed by atoms with van der Waals surface area (Å²) in [5, 5.41) is 10.7. The van der Waals surface area contributed by atoms with E-state index in [9.17, 15) is 10.1 Å². The molecule has 6 heteroatoms. The number of hydrazine groups is 1. The minimum atomic E-state index is -0.434. The van der Waals surface area contributed by atoms with Crippen molar-refractivity contribution in [1.29, 1.82) is 0 Å². The molecule has 0 heterocycles. The number of hydrogen-bond acceptors (Lipinski definition) is 5. The summed E-state index contributed by atoms with van der Waals surface area (Å²) in [6, 6.07) is 13.6. The first kappa shape index (κ1) is 12.7. The summed E-state index contributed by atoms with van der Waals surface area (Å²) in [5.74, 6) is 0.728. The van der Waals surface area contributed by atoms with Crippen LogP contribution in [0.15, 0.2) is 48.5 Å². The zero-order valence-electron chi connectivity index (χ0n) is 10.3. The molecular formula is C13H13N3O3. The molecule has 2 N–H and O–H groups in total. The molecule has 0 unspecified atom stereocenters. The van der Waals surface area contributed by atoms with E-state index in [0.29, 0.717) is 5.69 Å². The van der Waals surface area contributed by atoms with E-state index in [1.165, 1.54) is 12.1 Å². The van der Waals surface area contributed by atoms with Crippen molar-refractivity contribution in [3.8, 4) is 5.75 Å². The monoisotopic (exact) mass is 259 g/mol. The molecule has 2 aromatic rings. The summed E-state index contributed by atoms with van der Waals surface area (Å²) in [7, 11) is 1.59. The van der Waals surface area contributed by atoms with Gasteiger partial charge < -0.3 is 15.6 Å². The molecule has 0 saturated heterocycles. The van der Waals surface area contributed by atoms with Gasteiger partial charge >= 0.3 is 0 Å². The number of non-ortho nitro benzene ring substituents is 1. The summed E-state index contributed by atoms with van der Waals surface area (Å²) < 4.78 is 5.10. The van der Waals surface area contributed by atoms with Gasteiger partial charge in [-0.25, -0.2) is 0 Å². The molecule has 0 aliphatic carbocycles. The Morgan fingerprint density at radius 1 is 1.05 bits per heavy atom. The van der Waals surface area contributed by atoms with Crippen molar-refractivity contribution in [1.82, 2.24) is 0 Å². The fourth-order valence-corrected chi connectivity index (χ4v) is 1.54. The first-order chi connectivity index (χ1) is 9.19. The molecule has 0 atom stereocenters. The van der Waals surface area contributed by atoms with E-state index < -0.39 is 4.92 Å². The van der Waals surface area contributed by atoms with Gasteiger partial charge in [0.1, 0.15) is 5.75 Å². The van der Waals surface area contributed by atoms with Crippen LogP contribution in [0.5, 0.6) is 5.75 Å². The zero-order valence-corrected chi connectivity index (χ0v) is 10.3. The molecule has 0 aromatic heterocycles. The molecule has 6 nitrogen and oxygen atoms in total. The molecule has 2 rings (SSSR count). The van der Waals surface area contributed by atoms with Gasteiger partial charge in [-0.05, 0) is 18.2 Å². The van der Waals surface area contributed by atoms with Crippen LogP contribution in [0, 0.1) is 10.1 Å². The molecule has 19 heavy (non-hydrogen) atoms. The lowest BCUT2D eigenvalue weighted by atomic mass is 10.3. The second kappa shape index (κ2) is 5.72. The highest BCUT2D eigenvalue weighted by atomic mass is 16.6. The Hall–Kier alpha value is -2.76. The van der Waals surface area contributed by atoms with Gasteiger partial charge in [-0.1, -0.05) is 12.1 Å². The lowest BCUT2D eigenvalue weighted by molar-refractivity contribution is -0.384. The molecule has 0 saturated carbocycles. The van der Waals surface area contributed by atoms with Gasteiger partial charge in [0.05, 0.1) is 23.4 Å². The molecule has 0 spiro atoms. The van der Waals surface area contributed by atoms with Gasteiger partial charge in [0.2, 0.25) is 0 Å². The summed E-state index contributed by atoms with van der Waals surface area (Å²) in [5.41, 5.74) is 7.29. The maximum absolute atomic E-state index is 10.7. The van der Waals surface area contributed by atoms with E-state index in [-0.39, 0.29) is 5.69 Å². The van der Waals surface area contributed by atoms with E-state index in [1.54, 1.807) is 19.2 Å². The Bertz CT molecular complexity index is 587. The van der Waals surface area contributed by atoms with Crippen LogP contribution in [-0.4, -0.2) is 12.0 Å². The molecule has 0 aliphatic heterocycles. The lowest BCUT2D eigenvalue weighted by Crippen LogP contribution is -2.08. The number of nitrogens with one attached hydrogen (secondary N) is 2. The highest BCUT2D eigenvalue weighted by Gasteiger charge is 2.05. The molecule has 0 aliphatic rings. The minimum Gasteiger partial charge on any atom is -0.497 e. The van der Waals surface area contributed by atoms with Crippen LogP contribution < -0.4 is 15.6 Å². The molecule has 0 amide bonds. The average molecular weight is 259 g/mol. The average Bonchev–Trinajstić information content (AvgIpc) is 2.45. The Labute approximate surface area is 110 Å². The van der Waals surface area contributed by atoms with E-state index in [1.807, 2.05) is 24.3 Å². The van der Waals surface area contributed by atoms with Crippen molar-refractivity contribution in [3.63, 3.8) is 0 Å². The van der Waals surface area contributed by atoms with Crippen LogP contribution in [0.25, 0.3) is 0 Å². The third kappa shape index (κ3) is 3.35. The fraction of sp³-hybridized carbons (Fsp3) is 0.0769. The second-order valence-corrected chi connectivity index (χ2v) is 3.79. The zero-order chi connectivity index (χ0) is 13.7. The normalized spacial score (nSPS) is 9.74. The van der Waals surface area contributed by atoms with Crippen molar-refractivity contribution in [2.45, 2.75) is 0 Å². The Morgan fingerprint density at radius 2 is 1.68 bits per heavy atom. The van der Waals surface area contributed by atoms with Crippen LogP contribution in [0.1, 0.15) is 0 Å². The maximum Gasteiger partial charge on any atom is 0.271 e. The third-order valence-electron chi connectivity index (χ3n) is 2.48. The molecule has 0 radical (unpaired) electrons. The van der Waals surface area contributed by atoms with E-state index in [0.717, 1.165) is 11.4 Å². The van der Waals surface area contributed by atoms with E-state index in [4.69, 9.17) is 4.74 Å². The summed E-state index contributed by atoms with van der Waals surface area (Å²) in [6.07, 6.45) is 0. The minimum absolute atomic E-state index is 0.0393. The largest absolute Gasteiger partial charge is 0.497 e. The van der Waals surface area contributed by atoms with Gasteiger partial charge in [-0.2, -0.15) is 0 Å². The van der Waals surface area contributed by atoms with Gasteiger partial charge in [0, 0.05) is 18.2 Å². The van der Waals surface area contributed by atoms with Crippen LogP contribution in [0.4, 0.5) is 17.1 Å². The SMILES string of the molecule is COc1cccc(NNc2cccc([N+](=O)[O-])c2)c1. The number of hydrogen-bond donors (Lipinski definition) is 2. The summed E-state index contributed by atoms with van der Waals surface area (Å²) in [4.78, 5) is 10.2. The number of nitro benzene ring substituents is 1. The predicted molar refractivity (Wildman–Crippen MR) is 73.3 cm³/mol. The smallest absolute Gasteiger partial charge is 0.271 e. The first-order valence-electron chi connectivity index (χ1n) is 5.59. The molecule has 0 bridgehead atoms. The maximum atomic E-state index is 10.7. The van der Waals surface area contributed by atoms with Crippen LogP contribution in [0.3, 0.4) is 0 Å². The topological polar surface area (TPSA) is 76.4 Å². The number of benzene rings is 2. The second-order valence-electron chi connectivity index (χ2n) is 3.79. The van der Waals surface area contributed by atoms with Crippen LogP contribution in [-0.2, 0) is 0 Å². The number of ether oxygens (including phenoxy) is 1. The standard InChI is InChI=1S/C13H13N3O3/c1-19-13-7-3-5-11(9-13)15-14-10-4-2-6-12(8-10)16(17)18/h2-9,14-15H,1H3. The van der Waals surface area contributed by atoms with Crippen molar-refractivity contribution in [2.75, 3.05) is 18.0 Å². The molecule has 0 fully saturated rings. The Kier molecular flexibility index (Phi) is 3.82. The number of rotatable bonds is 5. The highest BCUT2D eigenvalue weighted by Crippen LogP contribution is 2.19. The summed E-state index contributed by atoms with van der Waals surface area (Å²) >= 11 is 0. The Balaban J connectivity index is 2.05. The quantitative estimate of drug-likeness (QED) is 0.637. The van der Waals surface area contributed by atoms with Crippen molar-refractivity contribution >= 4 is 17.1 Å². The summed E-state index contributed by atoms with van der Waals surface area (Å²) in [6.45, 7) is 0. The molecular weight excluding hydrogens is 246 g/mol. The van der Waals surface area contributed by atoms with Crippen LogP contribution >= 0.6 is 0 Å². The number of nitro groups is 1. The number of nitrogens with zero attached hydrogens (tertiary/aromatic N) is 1. The van der Waals surface area contributed by atoms with E-state index >= 15 is 0 Å². The Morgan fingerprint density at radius 3 is 2.32 bits per heavy atom. The van der Waals surface area contributed by atoms with Crippen LogP contribution in [0.2, 0.25) is 0 Å². The van der Waals surface area contributed by atoms with E-state index in [2.05, 4.69) is 10.9 Å². The number of methoxy groups -OCH3 is 1. The van der Waals surface area contributed by atoms with Crippen molar-refractivity contribution in [3.05, 3.63) is 58.6 Å². The van der Waals surface area contributed by atoms with Gasteiger partial charge in [0.25, 0.3) is 5.69 Å². The highest BCUT2D eigenvalue weighted by molar-refractivity contribution is 5.57. The fourth-order valence-electron chi connectivity index (χ4n) is 1.54.